The van der Waals surface area contributed by atoms with Crippen molar-refractivity contribution in [1.82, 2.24) is 5.43 Å². The molecule has 0 fully saturated rings. The van der Waals surface area contributed by atoms with Gasteiger partial charge in [0.2, 0.25) is 0 Å². The number of hydrazine groups is 1. The molecule has 0 radical (unpaired) electrons. The maximum Gasteiger partial charge on any atom is 0.149 e. The number of benzene rings is 1. The molecule has 1 aromatic carbocycles. The smallest absolute Gasteiger partial charge is 0.149 e. The number of rotatable bonds is 1. The van der Waals surface area contributed by atoms with Gasteiger partial charge < -0.3 is 5.43 Å². The van der Waals surface area contributed by atoms with Crippen molar-refractivity contribution < 1.29 is 8.78 Å². The van der Waals surface area contributed by atoms with E-state index in [1.54, 1.807) is 6.92 Å². The first-order valence-corrected chi connectivity index (χ1v) is 5.27. The lowest BCUT2D eigenvalue weighted by molar-refractivity contribution is 0.560. The number of hydrogen-bond acceptors (Lipinski definition) is 2. The van der Waals surface area contributed by atoms with E-state index < -0.39 is 17.2 Å². The second-order valence-electron chi connectivity index (χ2n) is 4.83. The van der Waals surface area contributed by atoms with Crippen LogP contribution in [-0.2, 0) is 0 Å². The van der Waals surface area contributed by atoms with Crippen LogP contribution in [0, 0.1) is 18.6 Å². The van der Waals surface area contributed by atoms with E-state index in [2.05, 4.69) is 10.4 Å². The number of aliphatic imine (C=N–C) groups is 1. The summed E-state index contributed by atoms with van der Waals surface area (Å²) in [6, 6.07) is 2.57. The van der Waals surface area contributed by atoms with Crippen molar-refractivity contribution in [1.29, 1.82) is 0 Å². The second kappa shape index (κ2) is 4.79. The average molecular weight is 241 g/mol. The molecule has 0 aliphatic carbocycles. The number of nitrogens with two attached hydrogens (primary N) is 1. The lowest BCUT2D eigenvalue weighted by Gasteiger charge is -2.17. The highest BCUT2D eigenvalue weighted by atomic mass is 19.1. The van der Waals surface area contributed by atoms with Gasteiger partial charge in [0.15, 0.2) is 0 Å². The molecule has 0 spiro atoms. The minimum absolute atomic E-state index is 0.0104. The summed E-state index contributed by atoms with van der Waals surface area (Å²) in [5, 5.41) is 0. The molecule has 0 aliphatic heterocycles. The topological polar surface area (TPSA) is 50.4 Å². The Morgan fingerprint density at radius 1 is 1.29 bits per heavy atom. The van der Waals surface area contributed by atoms with E-state index in [4.69, 9.17) is 5.84 Å². The first kappa shape index (κ1) is 13.6. The fourth-order valence-corrected chi connectivity index (χ4v) is 1.37. The predicted molar refractivity (Wildman–Crippen MR) is 64.7 cm³/mol. The van der Waals surface area contributed by atoms with Crippen LogP contribution in [-0.4, -0.2) is 11.4 Å². The highest BCUT2D eigenvalue weighted by Crippen LogP contribution is 2.18. The zero-order valence-corrected chi connectivity index (χ0v) is 10.4. The Bertz CT molecular complexity index is 448. The average Bonchev–Trinajstić information content (AvgIpc) is 2.21. The van der Waals surface area contributed by atoms with Crippen LogP contribution in [0.4, 0.5) is 8.78 Å². The number of hydrogen-bond donors (Lipinski definition) is 2. The Balaban J connectivity index is 3.41. The molecule has 0 saturated carbocycles. The molecule has 3 N–H and O–H groups in total. The van der Waals surface area contributed by atoms with Gasteiger partial charge in [-0.1, -0.05) is 6.07 Å². The quantitative estimate of drug-likeness (QED) is 0.343. The van der Waals surface area contributed by atoms with Gasteiger partial charge in [0.1, 0.15) is 17.5 Å². The van der Waals surface area contributed by atoms with Crippen LogP contribution in [0.5, 0.6) is 0 Å². The van der Waals surface area contributed by atoms with E-state index in [9.17, 15) is 8.78 Å². The SMILES string of the molecule is Cc1ccc(F)c(C(=NC(C)(C)C)NN)c1F. The molecule has 1 rings (SSSR count). The normalized spacial score (nSPS) is 12.8. The van der Waals surface area contributed by atoms with Crippen LogP contribution in [0.2, 0.25) is 0 Å². The van der Waals surface area contributed by atoms with Gasteiger partial charge in [-0.2, -0.15) is 0 Å². The van der Waals surface area contributed by atoms with Crippen LogP contribution in [0.25, 0.3) is 0 Å². The molecule has 17 heavy (non-hydrogen) atoms. The van der Waals surface area contributed by atoms with Gasteiger partial charge >= 0.3 is 0 Å². The molecular formula is C12H17F2N3. The Morgan fingerprint density at radius 3 is 2.35 bits per heavy atom. The number of aryl methyl sites for hydroxylation is 1. The summed E-state index contributed by atoms with van der Waals surface area (Å²) in [5.41, 5.74) is 1.90. The molecule has 0 aliphatic rings. The Hall–Kier alpha value is -1.49. The molecule has 0 bridgehead atoms. The molecule has 0 saturated heterocycles. The van der Waals surface area contributed by atoms with Crippen LogP contribution in [0.15, 0.2) is 17.1 Å². The summed E-state index contributed by atoms with van der Waals surface area (Å²) >= 11 is 0. The summed E-state index contributed by atoms with van der Waals surface area (Å²) < 4.78 is 27.5. The monoisotopic (exact) mass is 241 g/mol. The maximum absolute atomic E-state index is 13.9. The molecule has 0 heterocycles. The van der Waals surface area contributed by atoms with Gasteiger partial charge in [-0.25, -0.2) is 14.6 Å². The third-order valence-electron chi connectivity index (χ3n) is 2.10. The molecule has 3 nitrogen and oxygen atoms in total. The standard InChI is InChI=1S/C12H17F2N3/c1-7-5-6-8(13)9(10(7)14)11(17-15)16-12(2,3)4/h5-6H,15H2,1-4H3,(H,16,17). The van der Waals surface area contributed by atoms with Gasteiger partial charge in [0.25, 0.3) is 0 Å². The van der Waals surface area contributed by atoms with E-state index in [0.29, 0.717) is 5.56 Å². The number of halogens is 2. The van der Waals surface area contributed by atoms with Crippen molar-refractivity contribution >= 4 is 5.84 Å². The zero-order chi connectivity index (χ0) is 13.2. The van der Waals surface area contributed by atoms with E-state index in [0.717, 1.165) is 0 Å². The summed E-state index contributed by atoms with van der Waals surface area (Å²) in [6.07, 6.45) is 0. The Labute approximate surface area is 99.7 Å². The first-order chi connectivity index (χ1) is 7.76. The van der Waals surface area contributed by atoms with Gasteiger partial charge in [-0.15, -0.1) is 0 Å². The van der Waals surface area contributed by atoms with Crippen molar-refractivity contribution in [3.05, 3.63) is 34.9 Å². The van der Waals surface area contributed by atoms with Crippen molar-refractivity contribution in [3.8, 4) is 0 Å². The largest absolute Gasteiger partial charge is 0.308 e. The molecule has 0 aromatic heterocycles. The fraction of sp³-hybridized carbons (Fsp3) is 0.417. The lowest BCUT2D eigenvalue weighted by Crippen LogP contribution is -2.35. The maximum atomic E-state index is 13.9. The molecule has 1 aromatic rings. The summed E-state index contributed by atoms with van der Waals surface area (Å²) in [7, 11) is 0. The lowest BCUT2D eigenvalue weighted by atomic mass is 10.1. The van der Waals surface area contributed by atoms with Crippen LogP contribution < -0.4 is 11.3 Å². The van der Waals surface area contributed by atoms with Gasteiger partial charge in [0.05, 0.1) is 11.1 Å². The van der Waals surface area contributed by atoms with Crippen molar-refractivity contribution in [3.63, 3.8) is 0 Å². The van der Waals surface area contributed by atoms with Crippen molar-refractivity contribution in [2.24, 2.45) is 10.8 Å². The summed E-state index contributed by atoms with van der Waals surface area (Å²) in [6.45, 7) is 7.01. The van der Waals surface area contributed by atoms with E-state index in [1.807, 2.05) is 20.8 Å². The summed E-state index contributed by atoms with van der Waals surface area (Å²) in [4.78, 5) is 4.16. The number of nitrogens with zero attached hydrogens (tertiary/aromatic N) is 1. The van der Waals surface area contributed by atoms with Crippen LogP contribution in [0.1, 0.15) is 31.9 Å². The van der Waals surface area contributed by atoms with Crippen LogP contribution >= 0.6 is 0 Å². The molecule has 0 amide bonds. The highest BCUT2D eigenvalue weighted by Gasteiger charge is 2.19. The fourth-order valence-electron chi connectivity index (χ4n) is 1.37. The van der Waals surface area contributed by atoms with E-state index in [-0.39, 0.29) is 11.4 Å². The first-order valence-electron chi connectivity index (χ1n) is 5.27. The second-order valence-corrected chi connectivity index (χ2v) is 4.83. The van der Waals surface area contributed by atoms with Crippen molar-refractivity contribution in [2.45, 2.75) is 33.2 Å². The van der Waals surface area contributed by atoms with E-state index in [1.165, 1.54) is 12.1 Å². The minimum Gasteiger partial charge on any atom is -0.308 e. The molecule has 0 atom stereocenters. The van der Waals surface area contributed by atoms with Gasteiger partial charge in [-0.05, 0) is 39.3 Å². The highest BCUT2D eigenvalue weighted by molar-refractivity contribution is 5.99. The molecule has 94 valence electrons. The molecular weight excluding hydrogens is 224 g/mol. The third kappa shape index (κ3) is 3.23. The Kier molecular flexibility index (Phi) is 3.83. The van der Waals surface area contributed by atoms with E-state index >= 15 is 0 Å². The summed E-state index contributed by atoms with van der Waals surface area (Å²) in [5.74, 6) is 3.96. The molecule has 0 unspecified atom stereocenters. The zero-order valence-electron chi connectivity index (χ0n) is 10.4. The van der Waals surface area contributed by atoms with Gasteiger partial charge in [0, 0.05) is 0 Å². The van der Waals surface area contributed by atoms with Crippen LogP contribution in [0.3, 0.4) is 0 Å². The number of amidine groups is 1. The van der Waals surface area contributed by atoms with Crippen molar-refractivity contribution in [2.75, 3.05) is 0 Å². The van der Waals surface area contributed by atoms with Gasteiger partial charge in [-0.3, -0.25) is 4.99 Å². The Morgan fingerprint density at radius 2 is 1.88 bits per heavy atom. The predicted octanol–water partition coefficient (Wildman–Crippen LogP) is 2.28. The molecule has 5 heteroatoms. The minimum atomic E-state index is -0.686. The number of nitrogens with one attached hydrogen (secondary N) is 1. The third-order valence-corrected chi connectivity index (χ3v) is 2.10.